The van der Waals surface area contributed by atoms with Crippen LogP contribution in [0.5, 0.6) is 5.75 Å². The van der Waals surface area contributed by atoms with E-state index in [0.29, 0.717) is 5.75 Å². The van der Waals surface area contributed by atoms with Crippen LogP contribution in [0.1, 0.15) is 25.0 Å². The van der Waals surface area contributed by atoms with Gasteiger partial charge in [-0.05, 0) is 68.8 Å². The second-order valence-corrected chi connectivity index (χ2v) is 10.5. The maximum absolute atomic E-state index is 13.5. The molecular weight excluding hydrogens is 512 g/mol. The van der Waals surface area contributed by atoms with Gasteiger partial charge in [-0.2, -0.15) is 5.10 Å². The lowest BCUT2D eigenvalue weighted by molar-refractivity contribution is -0.119. The van der Waals surface area contributed by atoms with Crippen molar-refractivity contribution in [2.24, 2.45) is 5.10 Å². The number of nitrogens with one attached hydrogen (secondary N) is 1. The van der Waals surface area contributed by atoms with Gasteiger partial charge in [0.25, 0.3) is 15.9 Å². The summed E-state index contributed by atoms with van der Waals surface area (Å²) in [7, 11) is -2.62. The molecule has 0 saturated heterocycles. The van der Waals surface area contributed by atoms with E-state index in [0.717, 1.165) is 34.2 Å². The van der Waals surface area contributed by atoms with Gasteiger partial charge in [0.05, 0.1) is 28.9 Å². The number of aryl methyl sites for hydroxylation is 1. The minimum Gasteiger partial charge on any atom is -0.495 e. The van der Waals surface area contributed by atoms with Gasteiger partial charge in [0.15, 0.2) is 0 Å². The van der Waals surface area contributed by atoms with Crippen molar-refractivity contribution < 1.29 is 17.9 Å². The number of methoxy groups -OCH3 is 1. The van der Waals surface area contributed by atoms with E-state index in [1.807, 2.05) is 31.2 Å². The van der Waals surface area contributed by atoms with Crippen LogP contribution in [0, 0.1) is 6.92 Å². The number of carbonyl (C=O) groups is 1. The molecule has 0 atom stereocenters. The molecule has 0 aliphatic carbocycles. The zero-order valence-electron chi connectivity index (χ0n) is 21.3. The molecule has 0 unspecified atom stereocenters. The number of ether oxygens (including phenoxy) is 1. The maximum Gasteiger partial charge on any atom is 0.264 e. The number of benzene rings is 3. The Morgan fingerprint density at radius 2 is 1.62 bits per heavy atom. The predicted octanol–water partition coefficient (Wildman–Crippen LogP) is 4.85. The Kier molecular flexibility index (Phi) is 9.54. The number of hydrogen-bond acceptors (Lipinski definition) is 6. The molecule has 0 radical (unpaired) electrons. The van der Waals surface area contributed by atoms with Crippen LogP contribution in [-0.4, -0.2) is 47.3 Å². The van der Waals surface area contributed by atoms with Gasteiger partial charge in [0.2, 0.25) is 0 Å². The zero-order chi connectivity index (χ0) is 27.0. The number of carbonyl (C=O) groups excluding carboxylic acids is 1. The lowest BCUT2D eigenvalue weighted by atomic mass is 10.2. The average Bonchev–Trinajstić information content (AvgIpc) is 2.89. The molecule has 8 nitrogen and oxygen atoms in total. The highest BCUT2D eigenvalue weighted by Crippen LogP contribution is 2.32. The number of hydrazone groups is 1. The fourth-order valence-electron chi connectivity index (χ4n) is 3.67. The Balaban J connectivity index is 1.81. The van der Waals surface area contributed by atoms with Gasteiger partial charge in [-0.1, -0.05) is 41.4 Å². The Bertz CT molecular complexity index is 1340. The molecule has 196 valence electrons. The fourth-order valence-corrected chi connectivity index (χ4v) is 5.33. The van der Waals surface area contributed by atoms with Crippen LogP contribution in [0.2, 0.25) is 5.02 Å². The Hall–Kier alpha value is -3.56. The highest BCUT2D eigenvalue weighted by Gasteiger charge is 2.27. The first-order valence-corrected chi connectivity index (χ1v) is 13.6. The van der Waals surface area contributed by atoms with Crippen molar-refractivity contribution in [2.45, 2.75) is 25.7 Å². The lowest BCUT2D eigenvalue weighted by Crippen LogP contribution is -2.39. The van der Waals surface area contributed by atoms with Gasteiger partial charge < -0.3 is 9.64 Å². The van der Waals surface area contributed by atoms with Gasteiger partial charge >= 0.3 is 0 Å². The summed E-state index contributed by atoms with van der Waals surface area (Å²) in [6, 6.07) is 18.7. The monoisotopic (exact) mass is 542 g/mol. The number of amides is 1. The highest BCUT2D eigenvalue weighted by atomic mass is 35.5. The van der Waals surface area contributed by atoms with Crippen molar-refractivity contribution in [2.75, 3.05) is 35.9 Å². The summed E-state index contributed by atoms with van der Waals surface area (Å²) in [6.07, 6.45) is 1.51. The SMILES string of the molecule is CCN(CC)c1ccc(/C=N\NC(=O)CN(c2ccc(OC)c(Cl)c2)S(=O)(=O)c2ccc(C)cc2)cc1. The van der Waals surface area contributed by atoms with E-state index >= 15 is 0 Å². The summed E-state index contributed by atoms with van der Waals surface area (Å²) in [5, 5.41) is 4.23. The van der Waals surface area contributed by atoms with Crippen molar-refractivity contribution in [3.05, 3.63) is 82.9 Å². The summed E-state index contributed by atoms with van der Waals surface area (Å²) < 4.78 is 33.2. The van der Waals surface area contributed by atoms with Crippen LogP contribution < -0.4 is 19.4 Å². The molecule has 37 heavy (non-hydrogen) atoms. The lowest BCUT2D eigenvalue weighted by Gasteiger charge is -2.24. The highest BCUT2D eigenvalue weighted by molar-refractivity contribution is 7.92. The van der Waals surface area contributed by atoms with Gasteiger partial charge in [-0.15, -0.1) is 0 Å². The predicted molar refractivity (Wildman–Crippen MR) is 149 cm³/mol. The second-order valence-electron chi connectivity index (χ2n) is 8.20. The third-order valence-corrected chi connectivity index (χ3v) is 7.83. The van der Waals surface area contributed by atoms with Crippen LogP contribution in [0.15, 0.2) is 76.7 Å². The molecule has 0 aliphatic rings. The van der Waals surface area contributed by atoms with Crippen LogP contribution in [0.25, 0.3) is 0 Å². The molecule has 3 aromatic carbocycles. The Morgan fingerprint density at radius 1 is 1.00 bits per heavy atom. The first-order chi connectivity index (χ1) is 17.7. The summed E-state index contributed by atoms with van der Waals surface area (Å²) in [5.41, 5.74) is 5.44. The van der Waals surface area contributed by atoms with E-state index in [1.165, 1.54) is 37.6 Å². The topological polar surface area (TPSA) is 91.3 Å². The minimum absolute atomic E-state index is 0.0506. The van der Waals surface area contributed by atoms with Gasteiger partial charge in [-0.3, -0.25) is 9.10 Å². The van der Waals surface area contributed by atoms with E-state index in [2.05, 4.69) is 29.3 Å². The van der Waals surface area contributed by atoms with Crippen molar-refractivity contribution in [1.82, 2.24) is 5.43 Å². The number of rotatable bonds is 11. The molecule has 0 saturated carbocycles. The number of anilines is 2. The van der Waals surface area contributed by atoms with Crippen LogP contribution >= 0.6 is 11.6 Å². The largest absolute Gasteiger partial charge is 0.495 e. The standard InChI is InChI=1S/C27H31ClN4O4S/c1-5-31(6-2)22-11-9-21(10-12-22)18-29-30-27(33)19-32(23-13-16-26(36-4)25(28)17-23)37(34,35)24-14-7-20(3)8-15-24/h7-18H,5-6,19H2,1-4H3,(H,30,33)/b29-18-. The molecule has 1 N–H and O–H groups in total. The van der Waals surface area contributed by atoms with Gasteiger partial charge in [0, 0.05) is 18.8 Å². The smallest absolute Gasteiger partial charge is 0.264 e. The third kappa shape index (κ3) is 7.02. The third-order valence-electron chi connectivity index (χ3n) is 5.74. The van der Waals surface area contributed by atoms with Crippen LogP contribution in [0.4, 0.5) is 11.4 Å². The normalized spacial score (nSPS) is 11.4. The van der Waals surface area contributed by atoms with Crippen molar-refractivity contribution >= 4 is 45.1 Å². The molecule has 3 aromatic rings. The van der Waals surface area contributed by atoms with E-state index in [-0.39, 0.29) is 15.6 Å². The van der Waals surface area contributed by atoms with Gasteiger partial charge in [-0.25, -0.2) is 13.8 Å². The Labute approximate surface area is 223 Å². The van der Waals surface area contributed by atoms with E-state index < -0.39 is 22.5 Å². The van der Waals surface area contributed by atoms with Crippen LogP contribution in [-0.2, 0) is 14.8 Å². The number of nitrogens with zero attached hydrogens (tertiary/aromatic N) is 3. The molecule has 0 bridgehead atoms. The number of halogens is 1. The van der Waals surface area contributed by atoms with Gasteiger partial charge in [0.1, 0.15) is 12.3 Å². The number of hydrogen-bond donors (Lipinski definition) is 1. The van der Waals surface area contributed by atoms with Crippen molar-refractivity contribution in [3.8, 4) is 5.75 Å². The fraction of sp³-hybridized carbons (Fsp3) is 0.259. The van der Waals surface area contributed by atoms with Crippen molar-refractivity contribution in [3.63, 3.8) is 0 Å². The zero-order valence-corrected chi connectivity index (χ0v) is 22.9. The quantitative estimate of drug-likeness (QED) is 0.276. The summed E-state index contributed by atoms with van der Waals surface area (Å²) in [6.45, 7) is 7.35. The van der Waals surface area contributed by atoms with Crippen LogP contribution in [0.3, 0.4) is 0 Å². The molecule has 0 fully saturated rings. The molecule has 10 heteroatoms. The van der Waals surface area contributed by atoms with E-state index in [9.17, 15) is 13.2 Å². The molecule has 0 aromatic heterocycles. The van der Waals surface area contributed by atoms with E-state index in [1.54, 1.807) is 18.2 Å². The molecule has 0 spiro atoms. The van der Waals surface area contributed by atoms with E-state index in [4.69, 9.17) is 16.3 Å². The molecule has 0 heterocycles. The second kappa shape index (κ2) is 12.6. The average molecular weight is 543 g/mol. The Morgan fingerprint density at radius 3 is 2.19 bits per heavy atom. The van der Waals surface area contributed by atoms with Crippen molar-refractivity contribution in [1.29, 1.82) is 0 Å². The number of sulfonamides is 1. The minimum atomic E-state index is -4.08. The molecule has 1 amide bonds. The summed E-state index contributed by atoms with van der Waals surface area (Å²) in [5.74, 6) is -0.224. The summed E-state index contributed by atoms with van der Waals surface area (Å²) >= 11 is 6.25. The first-order valence-electron chi connectivity index (χ1n) is 11.8. The first kappa shape index (κ1) is 28.0. The summed E-state index contributed by atoms with van der Waals surface area (Å²) in [4.78, 5) is 15.1. The molecular formula is C27H31ClN4O4S. The molecule has 0 aliphatic heterocycles. The maximum atomic E-state index is 13.5. The molecule has 3 rings (SSSR count).